The van der Waals surface area contributed by atoms with E-state index in [0.29, 0.717) is 6.61 Å². The van der Waals surface area contributed by atoms with Crippen molar-refractivity contribution in [1.29, 1.82) is 0 Å². The average Bonchev–Trinajstić information content (AvgIpc) is 2.81. The maximum Gasteiger partial charge on any atom is 0.161 e. The molecule has 0 saturated heterocycles. The van der Waals surface area contributed by atoms with E-state index >= 15 is 0 Å². The third kappa shape index (κ3) is 3.20. The van der Waals surface area contributed by atoms with E-state index in [1.165, 1.54) is 11.3 Å². The molecule has 1 aromatic heterocycles. The third-order valence-electron chi connectivity index (χ3n) is 4.48. The van der Waals surface area contributed by atoms with Gasteiger partial charge in [0.1, 0.15) is 12.7 Å². The fourth-order valence-corrected chi connectivity index (χ4v) is 3.18. The van der Waals surface area contributed by atoms with Crippen LogP contribution in [0.4, 0.5) is 0 Å². The SMILES string of the molecule is CCC(NCC1COc2ccccc2O1)c1c(C)nn(C)c1C. The van der Waals surface area contributed by atoms with Gasteiger partial charge in [0.05, 0.1) is 5.69 Å². The molecular formula is C18H25N3O2. The van der Waals surface area contributed by atoms with E-state index < -0.39 is 0 Å². The molecule has 1 aliphatic rings. The molecule has 0 radical (unpaired) electrons. The lowest BCUT2D eigenvalue weighted by Crippen LogP contribution is -2.39. The predicted octanol–water partition coefficient (Wildman–Crippen LogP) is 2.92. The van der Waals surface area contributed by atoms with Crippen LogP contribution in [0.2, 0.25) is 0 Å². The normalized spacial score (nSPS) is 18.0. The van der Waals surface area contributed by atoms with E-state index in [4.69, 9.17) is 9.47 Å². The molecule has 2 unspecified atom stereocenters. The second-order valence-corrected chi connectivity index (χ2v) is 6.07. The first-order valence-corrected chi connectivity index (χ1v) is 8.22. The van der Waals surface area contributed by atoms with Crippen molar-refractivity contribution in [2.75, 3.05) is 13.2 Å². The first-order valence-electron chi connectivity index (χ1n) is 8.22. The molecule has 1 aliphatic heterocycles. The topological polar surface area (TPSA) is 48.3 Å². The summed E-state index contributed by atoms with van der Waals surface area (Å²) in [5, 5.41) is 8.15. The van der Waals surface area contributed by atoms with Gasteiger partial charge in [0, 0.05) is 30.9 Å². The largest absolute Gasteiger partial charge is 0.486 e. The molecule has 1 aromatic carbocycles. The fourth-order valence-electron chi connectivity index (χ4n) is 3.18. The van der Waals surface area contributed by atoms with E-state index in [1.807, 2.05) is 36.0 Å². The molecule has 0 amide bonds. The van der Waals surface area contributed by atoms with Crippen molar-refractivity contribution < 1.29 is 9.47 Å². The summed E-state index contributed by atoms with van der Waals surface area (Å²) in [6, 6.07) is 8.10. The van der Waals surface area contributed by atoms with E-state index in [0.717, 1.165) is 30.2 Å². The number of rotatable bonds is 5. The number of fused-ring (bicyclic) bond motifs is 1. The van der Waals surface area contributed by atoms with Crippen molar-refractivity contribution in [2.45, 2.75) is 39.3 Å². The summed E-state index contributed by atoms with van der Waals surface area (Å²) < 4.78 is 13.7. The van der Waals surface area contributed by atoms with Gasteiger partial charge in [-0.25, -0.2) is 0 Å². The molecule has 124 valence electrons. The summed E-state index contributed by atoms with van der Waals surface area (Å²) in [6.45, 7) is 7.71. The van der Waals surface area contributed by atoms with E-state index in [2.05, 4.69) is 31.2 Å². The van der Waals surface area contributed by atoms with Crippen LogP contribution in [-0.4, -0.2) is 29.0 Å². The van der Waals surface area contributed by atoms with Crippen LogP contribution < -0.4 is 14.8 Å². The summed E-state index contributed by atoms with van der Waals surface area (Å²) in [4.78, 5) is 0. The summed E-state index contributed by atoms with van der Waals surface area (Å²) in [6.07, 6.45) is 1.04. The Morgan fingerprint density at radius 2 is 2.04 bits per heavy atom. The van der Waals surface area contributed by atoms with E-state index in [1.54, 1.807) is 0 Å². The van der Waals surface area contributed by atoms with Gasteiger partial charge in [0.25, 0.3) is 0 Å². The second kappa shape index (κ2) is 6.62. The van der Waals surface area contributed by atoms with Gasteiger partial charge in [-0.3, -0.25) is 4.68 Å². The highest BCUT2D eigenvalue weighted by Gasteiger charge is 2.23. The Hall–Kier alpha value is -2.01. The zero-order valence-electron chi connectivity index (χ0n) is 14.3. The van der Waals surface area contributed by atoms with Crippen LogP contribution in [0.1, 0.15) is 36.3 Å². The van der Waals surface area contributed by atoms with Crippen LogP contribution in [0.25, 0.3) is 0 Å². The number of hydrogen-bond donors (Lipinski definition) is 1. The minimum Gasteiger partial charge on any atom is -0.486 e. The Kier molecular flexibility index (Phi) is 4.57. The number of para-hydroxylation sites is 2. The molecule has 3 rings (SSSR count). The Balaban J connectivity index is 1.65. The van der Waals surface area contributed by atoms with Crippen LogP contribution in [0.5, 0.6) is 11.5 Å². The van der Waals surface area contributed by atoms with Crippen LogP contribution in [0.3, 0.4) is 0 Å². The number of nitrogens with zero attached hydrogens (tertiary/aromatic N) is 2. The Labute approximate surface area is 137 Å². The van der Waals surface area contributed by atoms with Gasteiger partial charge in [-0.1, -0.05) is 19.1 Å². The van der Waals surface area contributed by atoms with Crippen LogP contribution >= 0.6 is 0 Å². The van der Waals surface area contributed by atoms with Gasteiger partial charge in [-0.05, 0) is 32.4 Å². The highest BCUT2D eigenvalue weighted by molar-refractivity contribution is 5.40. The highest BCUT2D eigenvalue weighted by atomic mass is 16.6. The van der Waals surface area contributed by atoms with Gasteiger partial charge in [0.15, 0.2) is 11.5 Å². The zero-order chi connectivity index (χ0) is 16.4. The van der Waals surface area contributed by atoms with Crippen LogP contribution in [0.15, 0.2) is 24.3 Å². The lowest BCUT2D eigenvalue weighted by Gasteiger charge is -2.28. The number of nitrogens with one attached hydrogen (secondary N) is 1. The molecule has 0 saturated carbocycles. The number of ether oxygens (including phenoxy) is 2. The Morgan fingerprint density at radius 3 is 2.70 bits per heavy atom. The Bertz CT molecular complexity index is 681. The maximum atomic E-state index is 6.02. The highest BCUT2D eigenvalue weighted by Crippen LogP contribution is 2.31. The molecule has 5 heteroatoms. The fraction of sp³-hybridized carbons (Fsp3) is 0.500. The maximum absolute atomic E-state index is 6.02. The molecule has 0 fully saturated rings. The summed E-state index contributed by atoms with van der Waals surface area (Å²) in [5.74, 6) is 1.65. The van der Waals surface area contributed by atoms with Crippen molar-refractivity contribution in [3.63, 3.8) is 0 Å². The van der Waals surface area contributed by atoms with Crippen molar-refractivity contribution in [2.24, 2.45) is 7.05 Å². The lowest BCUT2D eigenvalue weighted by atomic mass is 10.0. The molecule has 2 atom stereocenters. The number of aryl methyl sites for hydroxylation is 2. The molecule has 23 heavy (non-hydrogen) atoms. The second-order valence-electron chi connectivity index (χ2n) is 6.07. The Morgan fingerprint density at radius 1 is 1.30 bits per heavy atom. The van der Waals surface area contributed by atoms with Gasteiger partial charge >= 0.3 is 0 Å². The van der Waals surface area contributed by atoms with Gasteiger partial charge < -0.3 is 14.8 Å². The number of benzene rings is 1. The van der Waals surface area contributed by atoms with Gasteiger partial charge in [0.2, 0.25) is 0 Å². The molecule has 0 bridgehead atoms. The minimum absolute atomic E-state index is 0.0243. The molecule has 5 nitrogen and oxygen atoms in total. The van der Waals surface area contributed by atoms with Crippen molar-refractivity contribution in [1.82, 2.24) is 15.1 Å². The quantitative estimate of drug-likeness (QED) is 0.921. The smallest absolute Gasteiger partial charge is 0.161 e. The third-order valence-corrected chi connectivity index (χ3v) is 4.48. The monoisotopic (exact) mass is 315 g/mol. The average molecular weight is 315 g/mol. The molecule has 2 heterocycles. The molecule has 0 aliphatic carbocycles. The van der Waals surface area contributed by atoms with Crippen LogP contribution in [0, 0.1) is 13.8 Å². The summed E-state index contributed by atoms with van der Waals surface area (Å²) in [7, 11) is 1.99. The minimum atomic E-state index is 0.0243. The van der Waals surface area contributed by atoms with Crippen molar-refractivity contribution in [3.8, 4) is 11.5 Å². The first kappa shape index (κ1) is 15.9. The molecular weight excluding hydrogens is 290 g/mol. The van der Waals surface area contributed by atoms with Gasteiger partial charge in [-0.2, -0.15) is 5.10 Å². The summed E-state index contributed by atoms with van der Waals surface area (Å²) in [5.41, 5.74) is 3.61. The van der Waals surface area contributed by atoms with Crippen LogP contribution in [-0.2, 0) is 7.05 Å². The standard InChI is InChI=1S/C18H25N3O2/c1-5-15(18-12(2)20-21(4)13(18)3)19-10-14-11-22-16-8-6-7-9-17(16)23-14/h6-9,14-15,19H,5,10-11H2,1-4H3. The first-order chi connectivity index (χ1) is 11.1. The van der Waals surface area contributed by atoms with E-state index in [9.17, 15) is 0 Å². The van der Waals surface area contributed by atoms with Gasteiger partial charge in [-0.15, -0.1) is 0 Å². The summed E-state index contributed by atoms with van der Waals surface area (Å²) >= 11 is 0. The predicted molar refractivity (Wildman–Crippen MR) is 90.1 cm³/mol. The lowest BCUT2D eigenvalue weighted by molar-refractivity contribution is 0.0879. The number of hydrogen-bond acceptors (Lipinski definition) is 4. The molecule has 1 N–H and O–H groups in total. The van der Waals surface area contributed by atoms with Crippen molar-refractivity contribution in [3.05, 3.63) is 41.2 Å². The van der Waals surface area contributed by atoms with Crippen molar-refractivity contribution >= 4 is 0 Å². The molecule has 2 aromatic rings. The zero-order valence-corrected chi connectivity index (χ0v) is 14.3. The molecule has 0 spiro atoms. The number of aromatic nitrogens is 2. The van der Waals surface area contributed by atoms with E-state index in [-0.39, 0.29) is 12.1 Å².